The fraction of sp³-hybridized carbons (Fsp3) is 0. The van der Waals surface area contributed by atoms with Gasteiger partial charge in [0.25, 0.3) is 0 Å². The lowest BCUT2D eigenvalue weighted by molar-refractivity contribution is 0.592. The van der Waals surface area contributed by atoms with Gasteiger partial charge in [-0.05, 0) is 49.5 Å². The number of benzene rings is 7. The molecule has 38 heavy (non-hydrogen) atoms. The van der Waals surface area contributed by atoms with Gasteiger partial charge in [-0.15, -0.1) is 0 Å². The van der Waals surface area contributed by atoms with Crippen molar-refractivity contribution in [3.05, 3.63) is 152 Å². The average molecular weight is 505 g/mol. The maximum Gasteiger partial charge on any atom is 0.171 e. The van der Waals surface area contributed by atoms with Crippen molar-refractivity contribution in [1.82, 2.24) is 0 Å². The van der Waals surface area contributed by atoms with Crippen molar-refractivity contribution >= 4 is 55.4 Å². The van der Waals surface area contributed by atoms with E-state index in [-0.39, 0.29) is 0 Å². The fourth-order valence-corrected chi connectivity index (χ4v) is 8.33. The predicted octanol–water partition coefficient (Wildman–Crippen LogP) is 8.45. The molecular weight excluding hydrogens is 479 g/mol. The summed E-state index contributed by atoms with van der Waals surface area (Å²) in [6.45, 7) is 0. The number of hydrogen-bond acceptors (Lipinski definition) is 1. The van der Waals surface area contributed by atoms with E-state index in [9.17, 15) is 4.57 Å². The third kappa shape index (κ3) is 3.59. The van der Waals surface area contributed by atoms with E-state index in [1.807, 2.05) is 60.7 Å². The van der Waals surface area contributed by atoms with E-state index >= 15 is 0 Å². The van der Waals surface area contributed by atoms with Crippen LogP contribution in [0.25, 0.3) is 43.4 Å². The van der Waals surface area contributed by atoms with Crippen LogP contribution in [0.15, 0.2) is 152 Å². The lowest BCUT2D eigenvalue weighted by atomic mass is 9.90. The zero-order valence-corrected chi connectivity index (χ0v) is 21.7. The molecule has 0 saturated carbocycles. The zero-order valence-electron chi connectivity index (χ0n) is 20.8. The molecule has 7 rings (SSSR count). The van der Waals surface area contributed by atoms with Crippen LogP contribution in [0.5, 0.6) is 0 Å². The number of rotatable bonds is 4. The highest BCUT2D eigenvalue weighted by Crippen LogP contribution is 2.43. The van der Waals surface area contributed by atoms with Gasteiger partial charge in [0.15, 0.2) is 7.14 Å². The summed E-state index contributed by atoms with van der Waals surface area (Å²) in [5, 5.41) is 10.0. The van der Waals surface area contributed by atoms with E-state index in [4.69, 9.17) is 0 Å². The summed E-state index contributed by atoms with van der Waals surface area (Å²) in [6, 6.07) is 52.0. The molecule has 0 aliphatic heterocycles. The van der Waals surface area contributed by atoms with Crippen molar-refractivity contribution in [3.8, 4) is 11.1 Å². The van der Waals surface area contributed by atoms with Crippen LogP contribution in [0.2, 0.25) is 0 Å². The predicted molar refractivity (Wildman–Crippen MR) is 164 cm³/mol. The molecule has 0 atom stereocenters. The highest BCUT2D eigenvalue weighted by Gasteiger charge is 2.29. The third-order valence-electron chi connectivity index (χ3n) is 7.53. The summed E-state index contributed by atoms with van der Waals surface area (Å²) in [4.78, 5) is 0. The molecule has 0 N–H and O–H groups in total. The van der Waals surface area contributed by atoms with Crippen LogP contribution < -0.4 is 15.9 Å². The van der Waals surface area contributed by atoms with Gasteiger partial charge < -0.3 is 4.57 Å². The number of hydrogen-bond donors (Lipinski definition) is 0. The van der Waals surface area contributed by atoms with E-state index in [1.54, 1.807) is 0 Å². The van der Waals surface area contributed by atoms with E-state index in [0.29, 0.717) is 0 Å². The van der Waals surface area contributed by atoms with Crippen LogP contribution in [0.1, 0.15) is 0 Å². The molecule has 0 aliphatic rings. The molecule has 2 heteroatoms. The standard InChI is InChI=1S/C36H25OP/c37-38(29-13-3-1-4-14-29,30-15-5-2-6-16-30)31-22-19-27(20-23-31)35-25-28-12-8-10-18-33(28)36-32-17-9-7-11-26(32)21-24-34(35)36/h1-25H. The first-order valence-electron chi connectivity index (χ1n) is 12.9. The Balaban J connectivity index is 1.45. The lowest BCUT2D eigenvalue weighted by Crippen LogP contribution is -2.24. The van der Waals surface area contributed by atoms with Crippen molar-refractivity contribution in [2.24, 2.45) is 0 Å². The maximum absolute atomic E-state index is 14.8. The Bertz CT molecular complexity index is 1920. The van der Waals surface area contributed by atoms with Gasteiger partial charge in [0.2, 0.25) is 0 Å². The molecule has 180 valence electrons. The molecule has 7 aromatic rings. The Kier molecular flexibility index (Phi) is 5.46. The molecule has 0 aliphatic carbocycles. The van der Waals surface area contributed by atoms with Gasteiger partial charge in [-0.2, -0.15) is 0 Å². The summed E-state index contributed by atoms with van der Waals surface area (Å²) in [5.41, 5.74) is 2.30. The van der Waals surface area contributed by atoms with E-state index in [0.717, 1.165) is 21.5 Å². The van der Waals surface area contributed by atoms with Crippen LogP contribution in [0.3, 0.4) is 0 Å². The van der Waals surface area contributed by atoms with E-state index in [2.05, 4.69) is 91.0 Å². The SMILES string of the molecule is O=P(c1ccccc1)(c1ccccc1)c1ccc(-c2cc3ccccc3c3c2ccc2ccccc23)cc1. The van der Waals surface area contributed by atoms with Crippen LogP contribution in [-0.4, -0.2) is 0 Å². The van der Waals surface area contributed by atoms with Crippen LogP contribution in [0, 0.1) is 0 Å². The Hall–Kier alpha value is -4.45. The van der Waals surface area contributed by atoms with E-state index < -0.39 is 7.14 Å². The van der Waals surface area contributed by atoms with Crippen molar-refractivity contribution in [1.29, 1.82) is 0 Å². The molecule has 7 aromatic carbocycles. The topological polar surface area (TPSA) is 17.1 Å². The quantitative estimate of drug-likeness (QED) is 0.174. The first-order valence-corrected chi connectivity index (χ1v) is 14.6. The second-order valence-corrected chi connectivity index (χ2v) is 12.4. The fourth-order valence-electron chi connectivity index (χ4n) is 5.68. The summed E-state index contributed by atoms with van der Waals surface area (Å²) >= 11 is 0. The highest BCUT2D eigenvalue weighted by atomic mass is 31.2. The minimum absolute atomic E-state index is 0.842. The molecule has 0 unspecified atom stereocenters. The number of fused-ring (bicyclic) bond motifs is 5. The molecule has 0 amide bonds. The molecule has 0 spiro atoms. The first-order chi connectivity index (χ1) is 18.7. The largest absolute Gasteiger partial charge is 0.309 e. The summed E-state index contributed by atoms with van der Waals surface area (Å²) in [6.07, 6.45) is 0. The average Bonchev–Trinajstić information content (AvgIpc) is 3.01. The van der Waals surface area contributed by atoms with Gasteiger partial charge in [0.1, 0.15) is 0 Å². The summed E-state index contributed by atoms with van der Waals surface area (Å²) in [7, 11) is -3.01. The molecular formula is C36H25OP. The molecule has 0 fully saturated rings. The smallest absolute Gasteiger partial charge is 0.171 e. The normalized spacial score (nSPS) is 11.8. The molecule has 0 bridgehead atoms. The van der Waals surface area contributed by atoms with Gasteiger partial charge in [-0.3, -0.25) is 0 Å². The van der Waals surface area contributed by atoms with Gasteiger partial charge in [0.05, 0.1) is 0 Å². The molecule has 0 radical (unpaired) electrons. The van der Waals surface area contributed by atoms with Crippen LogP contribution in [0.4, 0.5) is 0 Å². The first kappa shape index (κ1) is 22.7. The van der Waals surface area contributed by atoms with Crippen LogP contribution >= 0.6 is 7.14 Å². The Morgan fingerprint density at radius 1 is 0.395 bits per heavy atom. The Morgan fingerprint density at radius 2 is 0.895 bits per heavy atom. The Labute approximate surface area is 222 Å². The maximum atomic E-state index is 14.8. The monoisotopic (exact) mass is 504 g/mol. The van der Waals surface area contributed by atoms with Crippen molar-refractivity contribution < 1.29 is 4.57 Å². The van der Waals surface area contributed by atoms with Gasteiger partial charge in [0, 0.05) is 15.9 Å². The molecule has 0 aromatic heterocycles. The minimum atomic E-state index is -3.01. The summed E-state index contributed by atoms with van der Waals surface area (Å²) < 4.78 is 14.8. The van der Waals surface area contributed by atoms with Crippen molar-refractivity contribution in [2.75, 3.05) is 0 Å². The molecule has 1 nitrogen and oxygen atoms in total. The zero-order chi connectivity index (χ0) is 25.5. The third-order valence-corrected chi connectivity index (χ3v) is 10.6. The van der Waals surface area contributed by atoms with Gasteiger partial charge in [-0.25, -0.2) is 0 Å². The molecule has 0 heterocycles. The second kappa shape index (κ2) is 9.14. The second-order valence-electron chi connectivity index (χ2n) is 9.68. The minimum Gasteiger partial charge on any atom is -0.309 e. The summed E-state index contributed by atoms with van der Waals surface area (Å²) in [5.74, 6) is 0. The van der Waals surface area contributed by atoms with Gasteiger partial charge >= 0.3 is 0 Å². The Morgan fingerprint density at radius 3 is 1.53 bits per heavy atom. The lowest BCUT2D eigenvalue weighted by Gasteiger charge is -2.20. The van der Waals surface area contributed by atoms with E-state index in [1.165, 1.54) is 37.9 Å². The van der Waals surface area contributed by atoms with Crippen LogP contribution in [-0.2, 0) is 4.57 Å². The van der Waals surface area contributed by atoms with Crippen molar-refractivity contribution in [2.45, 2.75) is 0 Å². The van der Waals surface area contributed by atoms with Gasteiger partial charge in [-0.1, -0.05) is 146 Å². The van der Waals surface area contributed by atoms with Crippen molar-refractivity contribution in [3.63, 3.8) is 0 Å². The highest BCUT2D eigenvalue weighted by molar-refractivity contribution is 7.85. The molecule has 0 saturated heterocycles.